The van der Waals surface area contributed by atoms with Crippen LogP contribution in [-0.4, -0.2) is 12.6 Å². The molecular formula is C15H24BrN. The van der Waals surface area contributed by atoms with Crippen LogP contribution in [0.5, 0.6) is 0 Å². The molecule has 2 heteroatoms. The molecule has 0 aromatic heterocycles. The Hall–Kier alpha value is -0.340. The van der Waals surface area contributed by atoms with E-state index in [9.17, 15) is 0 Å². The summed E-state index contributed by atoms with van der Waals surface area (Å²) in [6, 6.07) is 9.25. The van der Waals surface area contributed by atoms with Crippen LogP contribution >= 0.6 is 15.9 Å². The summed E-state index contributed by atoms with van der Waals surface area (Å²) in [5.41, 5.74) is 1.43. The van der Waals surface area contributed by atoms with Gasteiger partial charge in [0.2, 0.25) is 0 Å². The Kier molecular flexibility index (Phi) is 6.83. The Balaban J connectivity index is 2.53. The Morgan fingerprint density at radius 1 is 1.29 bits per heavy atom. The Morgan fingerprint density at radius 2 is 2.06 bits per heavy atom. The first-order valence-electron chi connectivity index (χ1n) is 6.59. The van der Waals surface area contributed by atoms with Gasteiger partial charge in [0.25, 0.3) is 0 Å². The molecule has 17 heavy (non-hydrogen) atoms. The fourth-order valence-electron chi connectivity index (χ4n) is 2.08. The minimum atomic E-state index is 0.580. The van der Waals surface area contributed by atoms with E-state index in [1.165, 1.54) is 29.3 Å². The van der Waals surface area contributed by atoms with Crippen LogP contribution in [0.1, 0.15) is 39.2 Å². The largest absolute Gasteiger partial charge is 0.314 e. The molecule has 0 heterocycles. The highest BCUT2D eigenvalue weighted by Gasteiger charge is 2.09. The molecule has 96 valence electrons. The molecule has 1 aromatic carbocycles. The third-order valence-electron chi connectivity index (χ3n) is 2.93. The van der Waals surface area contributed by atoms with Gasteiger partial charge in [-0.2, -0.15) is 0 Å². The number of hydrogen-bond donors (Lipinski definition) is 1. The molecule has 0 saturated heterocycles. The van der Waals surface area contributed by atoms with Crippen molar-refractivity contribution in [2.75, 3.05) is 6.54 Å². The minimum absolute atomic E-state index is 0.580. The fourth-order valence-corrected chi connectivity index (χ4v) is 2.53. The molecule has 1 aromatic rings. The van der Waals surface area contributed by atoms with Gasteiger partial charge in [0.1, 0.15) is 0 Å². The lowest BCUT2D eigenvalue weighted by atomic mass is 9.95. The van der Waals surface area contributed by atoms with Crippen LogP contribution in [0.3, 0.4) is 0 Å². The summed E-state index contributed by atoms with van der Waals surface area (Å²) in [7, 11) is 0. The van der Waals surface area contributed by atoms with Crippen molar-refractivity contribution in [2.45, 2.75) is 46.1 Å². The number of rotatable bonds is 7. The zero-order chi connectivity index (χ0) is 12.7. The lowest BCUT2D eigenvalue weighted by Gasteiger charge is -2.19. The second kappa shape index (κ2) is 7.88. The van der Waals surface area contributed by atoms with Crippen molar-refractivity contribution in [3.8, 4) is 0 Å². The van der Waals surface area contributed by atoms with Gasteiger partial charge in [-0.25, -0.2) is 0 Å². The molecule has 1 unspecified atom stereocenters. The van der Waals surface area contributed by atoms with Crippen LogP contribution in [0, 0.1) is 5.92 Å². The van der Waals surface area contributed by atoms with E-state index < -0.39 is 0 Å². The standard InChI is InChI=1S/C15H24BrN/c1-4-6-14(11-17-12(2)3)9-13-7-5-8-15(16)10-13/h5,7-8,10,12,14,17H,4,6,9,11H2,1-3H3. The molecule has 0 aliphatic rings. The Labute approximate surface area is 114 Å². The topological polar surface area (TPSA) is 12.0 Å². The normalized spacial score (nSPS) is 13.0. The van der Waals surface area contributed by atoms with Gasteiger partial charge in [0.05, 0.1) is 0 Å². The molecule has 0 aliphatic carbocycles. The minimum Gasteiger partial charge on any atom is -0.314 e. The maximum absolute atomic E-state index is 3.55. The summed E-state index contributed by atoms with van der Waals surface area (Å²) in [6.45, 7) is 7.81. The average Bonchev–Trinajstić information content (AvgIpc) is 2.26. The van der Waals surface area contributed by atoms with Crippen LogP contribution in [0.15, 0.2) is 28.7 Å². The van der Waals surface area contributed by atoms with Crippen LogP contribution in [-0.2, 0) is 6.42 Å². The molecule has 0 saturated carbocycles. The van der Waals surface area contributed by atoms with Crippen LogP contribution < -0.4 is 5.32 Å². The van der Waals surface area contributed by atoms with Crippen molar-refractivity contribution in [1.29, 1.82) is 0 Å². The summed E-state index contributed by atoms with van der Waals surface area (Å²) in [5, 5.41) is 3.55. The van der Waals surface area contributed by atoms with Gasteiger partial charge in [-0.15, -0.1) is 0 Å². The molecule has 0 spiro atoms. The molecular weight excluding hydrogens is 274 g/mol. The van der Waals surface area contributed by atoms with Gasteiger partial charge in [0, 0.05) is 10.5 Å². The highest BCUT2D eigenvalue weighted by Crippen LogP contribution is 2.17. The van der Waals surface area contributed by atoms with E-state index in [0.29, 0.717) is 6.04 Å². The average molecular weight is 298 g/mol. The number of hydrogen-bond acceptors (Lipinski definition) is 1. The van der Waals surface area contributed by atoms with Crippen molar-refractivity contribution in [2.24, 2.45) is 5.92 Å². The van der Waals surface area contributed by atoms with Crippen molar-refractivity contribution in [3.63, 3.8) is 0 Å². The van der Waals surface area contributed by atoms with Crippen LogP contribution in [0.25, 0.3) is 0 Å². The molecule has 1 atom stereocenters. The Bertz CT molecular complexity index is 322. The van der Waals surface area contributed by atoms with Crippen molar-refractivity contribution in [3.05, 3.63) is 34.3 Å². The van der Waals surface area contributed by atoms with Gasteiger partial charge >= 0.3 is 0 Å². The Morgan fingerprint density at radius 3 is 2.65 bits per heavy atom. The highest BCUT2D eigenvalue weighted by atomic mass is 79.9. The van der Waals surface area contributed by atoms with Gasteiger partial charge in [-0.1, -0.05) is 55.3 Å². The predicted octanol–water partition coefficient (Wildman–Crippen LogP) is 4.41. The highest BCUT2D eigenvalue weighted by molar-refractivity contribution is 9.10. The van der Waals surface area contributed by atoms with Gasteiger partial charge in [-0.3, -0.25) is 0 Å². The molecule has 0 bridgehead atoms. The maximum Gasteiger partial charge on any atom is 0.0177 e. The van der Waals surface area contributed by atoms with Gasteiger partial charge in [-0.05, 0) is 43.0 Å². The summed E-state index contributed by atoms with van der Waals surface area (Å²) < 4.78 is 1.18. The second-order valence-corrected chi connectivity index (χ2v) is 5.97. The summed E-state index contributed by atoms with van der Waals surface area (Å²) in [6.07, 6.45) is 3.73. The SMILES string of the molecule is CCCC(CNC(C)C)Cc1cccc(Br)c1. The number of nitrogens with one attached hydrogen (secondary N) is 1. The van der Waals surface area contributed by atoms with E-state index in [-0.39, 0.29) is 0 Å². The van der Waals surface area contributed by atoms with Crippen molar-refractivity contribution in [1.82, 2.24) is 5.32 Å². The first-order valence-corrected chi connectivity index (χ1v) is 7.39. The van der Waals surface area contributed by atoms with E-state index >= 15 is 0 Å². The van der Waals surface area contributed by atoms with Crippen molar-refractivity contribution < 1.29 is 0 Å². The monoisotopic (exact) mass is 297 g/mol. The molecule has 0 radical (unpaired) electrons. The van der Waals surface area contributed by atoms with Gasteiger partial charge < -0.3 is 5.32 Å². The summed E-state index contributed by atoms with van der Waals surface area (Å²) >= 11 is 3.54. The molecule has 0 fully saturated rings. The molecule has 0 aliphatic heterocycles. The fraction of sp³-hybridized carbons (Fsp3) is 0.600. The smallest absolute Gasteiger partial charge is 0.0177 e. The van der Waals surface area contributed by atoms with Crippen LogP contribution in [0.2, 0.25) is 0 Å². The van der Waals surface area contributed by atoms with E-state index in [0.717, 1.165) is 12.5 Å². The zero-order valence-electron chi connectivity index (χ0n) is 11.2. The van der Waals surface area contributed by atoms with Crippen molar-refractivity contribution >= 4 is 15.9 Å². The first-order chi connectivity index (χ1) is 8.11. The van der Waals surface area contributed by atoms with E-state index in [1.54, 1.807) is 0 Å². The molecule has 1 N–H and O–H groups in total. The summed E-state index contributed by atoms with van der Waals surface area (Å²) in [4.78, 5) is 0. The molecule has 0 amide bonds. The summed E-state index contributed by atoms with van der Waals surface area (Å²) in [5.74, 6) is 0.747. The third-order valence-corrected chi connectivity index (χ3v) is 3.42. The van der Waals surface area contributed by atoms with Gasteiger partial charge in [0.15, 0.2) is 0 Å². The van der Waals surface area contributed by atoms with Crippen LogP contribution in [0.4, 0.5) is 0 Å². The number of benzene rings is 1. The van der Waals surface area contributed by atoms with E-state index in [1.807, 2.05) is 0 Å². The predicted molar refractivity (Wildman–Crippen MR) is 79.4 cm³/mol. The third kappa shape index (κ3) is 6.23. The molecule has 1 rings (SSSR count). The lowest BCUT2D eigenvalue weighted by Crippen LogP contribution is -2.29. The second-order valence-electron chi connectivity index (χ2n) is 5.05. The van der Waals surface area contributed by atoms with E-state index in [2.05, 4.69) is 66.3 Å². The molecule has 1 nitrogen and oxygen atoms in total. The lowest BCUT2D eigenvalue weighted by molar-refractivity contribution is 0.418. The quantitative estimate of drug-likeness (QED) is 0.786. The van der Waals surface area contributed by atoms with E-state index in [4.69, 9.17) is 0 Å². The first kappa shape index (κ1) is 14.7. The number of halogens is 1. The maximum atomic E-state index is 3.55. The zero-order valence-corrected chi connectivity index (χ0v) is 12.8.